The monoisotopic (exact) mass is 504 g/mol. The van der Waals surface area contributed by atoms with Crippen LogP contribution in [0.2, 0.25) is 0 Å². The van der Waals surface area contributed by atoms with E-state index in [9.17, 15) is 18.3 Å². The predicted molar refractivity (Wildman–Crippen MR) is 127 cm³/mol. The summed E-state index contributed by atoms with van der Waals surface area (Å²) >= 11 is 0. The van der Waals surface area contributed by atoms with Crippen LogP contribution >= 0.6 is 0 Å². The number of hydrogen-bond acceptors (Lipinski definition) is 7. The molecule has 36 heavy (non-hydrogen) atoms. The van der Waals surface area contributed by atoms with Gasteiger partial charge in [-0.1, -0.05) is 0 Å². The average Bonchev–Trinajstić information content (AvgIpc) is 3.29. The van der Waals surface area contributed by atoms with Gasteiger partial charge in [0.05, 0.1) is 5.60 Å². The second-order valence-corrected chi connectivity index (χ2v) is 10.6. The Kier molecular flexibility index (Phi) is 6.09. The maximum absolute atomic E-state index is 13.2. The maximum Gasteiger partial charge on any atom is 0.425 e. The van der Waals surface area contributed by atoms with Crippen molar-refractivity contribution in [2.45, 2.75) is 64.8 Å². The zero-order valence-electron chi connectivity index (χ0n) is 20.8. The number of nitrogens with zero attached hydrogens (tertiary/aromatic N) is 6. The first kappa shape index (κ1) is 24.7. The number of aliphatic hydroxyl groups is 1. The molecule has 8 nitrogen and oxygen atoms in total. The van der Waals surface area contributed by atoms with Crippen molar-refractivity contribution in [3.05, 3.63) is 41.6 Å². The van der Waals surface area contributed by atoms with E-state index in [2.05, 4.69) is 25.0 Å². The van der Waals surface area contributed by atoms with Crippen molar-refractivity contribution in [2.75, 3.05) is 18.0 Å². The molecule has 1 N–H and O–H groups in total. The maximum atomic E-state index is 13.2. The highest BCUT2D eigenvalue weighted by Crippen LogP contribution is 2.44. The molecule has 3 aromatic heterocycles. The highest BCUT2D eigenvalue weighted by atomic mass is 19.4. The quantitative estimate of drug-likeness (QED) is 0.541. The Bertz CT molecular complexity index is 1240. The van der Waals surface area contributed by atoms with Crippen LogP contribution in [0.4, 0.5) is 19.0 Å². The SMILES string of the molecule is Cc1cc(N2C[C@H]3CC[C@@H](C2)C3Cc2nc3c(C(C)(C)O)ccc(O[C@@H](C)C(F)(F)F)n3n2)ncn1. The van der Waals surface area contributed by atoms with Gasteiger partial charge in [0.15, 0.2) is 17.6 Å². The topological polar surface area (TPSA) is 88.7 Å². The number of fused-ring (bicyclic) bond motifs is 3. The van der Waals surface area contributed by atoms with Crippen LogP contribution in [0, 0.1) is 24.7 Å². The zero-order chi connectivity index (χ0) is 25.8. The minimum atomic E-state index is -4.51. The van der Waals surface area contributed by atoms with Crippen LogP contribution in [-0.4, -0.2) is 55.0 Å². The second-order valence-electron chi connectivity index (χ2n) is 10.6. The molecule has 0 aromatic carbocycles. The molecule has 1 aliphatic carbocycles. The molecule has 5 rings (SSSR count). The lowest BCUT2D eigenvalue weighted by atomic mass is 9.82. The molecule has 2 aliphatic rings. The van der Waals surface area contributed by atoms with Gasteiger partial charge in [0.1, 0.15) is 12.1 Å². The van der Waals surface area contributed by atoms with Crippen LogP contribution in [0.5, 0.6) is 5.88 Å². The fourth-order valence-corrected chi connectivity index (χ4v) is 5.56. The summed E-state index contributed by atoms with van der Waals surface area (Å²) in [4.78, 5) is 15.7. The molecule has 194 valence electrons. The van der Waals surface area contributed by atoms with E-state index in [1.165, 1.54) is 10.6 Å². The lowest BCUT2D eigenvalue weighted by molar-refractivity contribution is -0.190. The molecule has 1 saturated carbocycles. The second kappa shape index (κ2) is 8.86. The van der Waals surface area contributed by atoms with E-state index in [1.807, 2.05) is 13.0 Å². The Labute approximate surface area is 207 Å². The van der Waals surface area contributed by atoms with Crippen molar-refractivity contribution < 1.29 is 23.0 Å². The fraction of sp³-hybridized carbons (Fsp3) is 0.600. The van der Waals surface area contributed by atoms with E-state index in [0.29, 0.717) is 41.2 Å². The molecular formula is C25H31F3N6O2. The molecule has 1 saturated heterocycles. The highest BCUT2D eigenvalue weighted by molar-refractivity contribution is 5.52. The van der Waals surface area contributed by atoms with Gasteiger partial charge in [-0.25, -0.2) is 15.0 Å². The normalized spacial score (nSPS) is 23.3. The van der Waals surface area contributed by atoms with Crippen molar-refractivity contribution in [3.8, 4) is 5.88 Å². The number of aromatic nitrogens is 5. The first-order valence-corrected chi connectivity index (χ1v) is 12.3. The van der Waals surface area contributed by atoms with E-state index in [4.69, 9.17) is 4.74 Å². The van der Waals surface area contributed by atoms with Crippen LogP contribution < -0.4 is 9.64 Å². The number of rotatable bonds is 6. The van der Waals surface area contributed by atoms with Crippen molar-refractivity contribution in [1.82, 2.24) is 24.6 Å². The van der Waals surface area contributed by atoms with Crippen molar-refractivity contribution in [1.29, 1.82) is 0 Å². The number of pyridine rings is 1. The summed E-state index contributed by atoms with van der Waals surface area (Å²) in [5.74, 6) is 2.69. The van der Waals surface area contributed by atoms with Crippen molar-refractivity contribution in [2.24, 2.45) is 17.8 Å². The molecule has 0 radical (unpaired) electrons. The first-order chi connectivity index (χ1) is 16.9. The third-order valence-corrected chi connectivity index (χ3v) is 7.47. The number of halogens is 3. The van der Waals surface area contributed by atoms with Crippen LogP contribution in [0.3, 0.4) is 0 Å². The molecule has 2 bridgehead atoms. The Hall–Kier alpha value is -2.95. The average molecular weight is 505 g/mol. The molecule has 4 heterocycles. The molecule has 0 spiro atoms. The van der Waals surface area contributed by atoms with Crippen LogP contribution in [0.15, 0.2) is 24.5 Å². The standard InChI is InChI=1S/C25H31F3N6O2/c1-14-9-21(30-13-29-14)33-11-16-5-6-17(12-33)18(16)10-20-31-23-19(24(3,4)35)7-8-22(34(23)32-20)36-15(2)25(26,27)28/h7-9,13,15-18,35H,5-6,10-12H2,1-4H3/t15-,16-,17+,18?/m0/s1. The summed E-state index contributed by atoms with van der Waals surface area (Å²) in [6.45, 7) is 7.91. The Morgan fingerprint density at radius 1 is 1.14 bits per heavy atom. The molecular weight excluding hydrogens is 473 g/mol. The Morgan fingerprint density at radius 3 is 2.44 bits per heavy atom. The van der Waals surface area contributed by atoms with E-state index in [1.54, 1.807) is 26.2 Å². The van der Waals surface area contributed by atoms with Gasteiger partial charge in [-0.15, -0.1) is 5.10 Å². The largest absolute Gasteiger partial charge is 0.465 e. The van der Waals surface area contributed by atoms with Gasteiger partial charge < -0.3 is 14.7 Å². The van der Waals surface area contributed by atoms with Crippen LogP contribution in [0.25, 0.3) is 5.65 Å². The van der Waals surface area contributed by atoms with Crippen LogP contribution in [-0.2, 0) is 12.0 Å². The number of anilines is 1. The molecule has 11 heteroatoms. The number of alkyl halides is 3. The number of ether oxygens (including phenoxy) is 1. The molecule has 1 aliphatic heterocycles. The molecule has 1 unspecified atom stereocenters. The predicted octanol–water partition coefficient (Wildman–Crippen LogP) is 4.09. The highest BCUT2D eigenvalue weighted by Gasteiger charge is 2.43. The Balaban J connectivity index is 1.42. The molecule has 4 atom stereocenters. The third-order valence-electron chi connectivity index (χ3n) is 7.47. The lowest BCUT2D eigenvalue weighted by Gasteiger charge is -2.38. The molecule has 3 aromatic rings. The summed E-state index contributed by atoms with van der Waals surface area (Å²) < 4.78 is 46.0. The smallest absolute Gasteiger partial charge is 0.425 e. The van der Waals surface area contributed by atoms with Gasteiger partial charge in [0.25, 0.3) is 0 Å². The zero-order valence-corrected chi connectivity index (χ0v) is 20.8. The minimum absolute atomic E-state index is 0.0569. The lowest BCUT2D eigenvalue weighted by Crippen LogP contribution is -2.43. The van der Waals surface area contributed by atoms with Gasteiger partial charge in [-0.05, 0) is 64.4 Å². The summed E-state index contributed by atoms with van der Waals surface area (Å²) in [6, 6.07) is 4.97. The van der Waals surface area contributed by atoms with Gasteiger partial charge in [0, 0.05) is 42.9 Å². The number of hydrogen-bond donors (Lipinski definition) is 1. The number of aryl methyl sites for hydroxylation is 1. The van der Waals surface area contributed by atoms with E-state index in [-0.39, 0.29) is 5.88 Å². The van der Waals surface area contributed by atoms with E-state index < -0.39 is 17.9 Å². The molecule has 2 fully saturated rings. The van der Waals surface area contributed by atoms with Gasteiger partial charge in [0.2, 0.25) is 5.88 Å². The summed E-state index contributed by atoms with van der Waals surface area (Å²) in [6.07, 6.45) is -2.09. The minimum Gasteiger partial charge on any atom is -0.465 e. The van der Waals surface area contributed by atoms with Crippen molar-refractivity contribution >= 4 is 11.5 Å². The Morgan fingerprint density at radius 2 is 1.83 bits per heavy atom. The number of piperidine rings is 1. The fourth-order valence-electron chi connectivity index (χ4n) is 5.56. The van der Waals surface area contributed by atoms with E-state index >= 15 is 0 Å². The first-order valence-electron chi connectivity index (χ1n) is 12.3. The summed E-state index contributed by atoms with van der Waals surface area (Å²) in [5, 5.41) is 15.2. The van der Waals surface area contributed by atoms with Crippen LogP contribution in [0.1, 0.15) is 50.7 Å². The summed E-state index contributed by atoms with van der Waals surface area (Å²) in [5.41, 5.74) is 0.472. The van der Waals surface area contributed by atoms with Crippen molar-refractivity contribution in [3.63, 3.8) is 0 Å². The van der Waals surface area contributed by atoms with Gasteiger partial charge in [-0.2, -0.15) is 17.7 Å². The van der Waals surface area contributed by atoms with E-state index in [0.717, 1.165) is 44.4 Å². The molecule has 0 amide bonds. The summed E-state index contributed by atoms with van der Waals surface area (Å²) in [7, 11) is 0. The third kappa shape index (κ3) is 4.72. The van der Waals surface area contributed by atoms with Gasteiger partial charge >= 0.3 is 6.18 Å². The van der Waals surface area contributed by atoms with Gasteiger partial charge in [-0.3, -0.25) is 0 Å².